The van der Waals surface area contributed by atoms with E-state index in [2.05, 4.69) is 25.7 Å². The summed E-state index contributed by atoms with van der Waals surface area (Å²) in [6.45, 7) is 1.14. The molecular formula is C15H20BrN2O9P. The topological polar surface area (TPSA) is 157 Å². The van der Waals surface area contributed by atoms with Gasteiger partial charge in [-0.05, 0) is 18.0 Å². The van der Waals surface area contributed by atoms with Crippen molar-refractivity contribution < 1.29 is 33.4 Å². The van der Waals surface area contributed by atoms with Crippen LogP contribution in [0.15, 0.2) is 20.8 Å². The summed E-state index contributed by atoms with van der Waals surface area (Å²) >= 11 is 3.04. The van der Waals surface area contributed by atoms with Crippen LogP contribution in [0.2, 0.25) is 0 Å². The molecule has 0 aromatic carbocycles. The van der Waals surface area contributed by atoms with Gasteiger partial charge in [-0.1, -0.05) is 15.9 Å². The second-order valence-corrected chi connectivity index (χ2v) is 8.25. The van der Waals surface area contributed by atoms with Crippen LogP contribution in [0, 0.1) is 0 Å². The highest BCUT2D eigenvalue weighted by molar-refractivity contribution is 9.11. The number of hydrogen-bond acceptors (Lipinski definition) is 8. The predicted molar refractivity (Wildman–Crippen MR) is 101 cm³/mol. The van der Waals surface area contributed by atoms with Crippen LogP contribution in [0.3, 0.4) is 0 Å². The van der Waals surface area contributed by atoms with Crippen molar-refractivity contribution in [1.29, 1.82) is 0 Å². The molecule has 2 heterocycles. The Kier molecular flexibility index (Phi) is 7.93. The molecular weight excluding hydrogens is 463 g/mol. The van der Waals surface area contributed by atoms with Gasteiger partial charge in [-0.2, -0.15) is 0 Å². The molecule has 4 atom stereocenters. The summed E-state index contributed by atoms with van der Waals surface area (Å²) in [5.74, 6) is -0.883. The molecule has 1 aromatic heterocycles. The van der Waals surface area contributed by atoms with Crippen LogP contribution in [0.5, 0.6) is 0 Å². The lowest BCUT2D eigenvalue weighted by atomic mass is 10.2. The van der Waals surface area contributed by atoms with E-state index in [9.17, 15) is 28.9 Å². The number of aliphatic hydroxyl groups excluding tert-OH is 1. The van der Waals surface area contributed by atoms with E-state index < -0.39 is 56.0 Å². The Balaban J connectivity index is 2.06. The van der Waals surface area contributed by atoms with Crippen LogP contribution in [0.4, 0.5) is 0 Å². The van der Waals surface area contributed by atoms with Crippen molar-refractivity contribution in [2.45, 2.75) is 31.8 Å². The molecule has 1 aliphatic heterocycles. The largest absolute Gasteiger partial charge is 0.466 e. The Morgan fingerprint density at radius 3 is 2.89 bits per heavy atom. The Morgan fingerprint density at radius 2 is 2.25 bits per heavy atom. The van der Waals surface area contributed by atoms with Gasteiger partial charge in [-0.3, -0.25) is 23.7 Å². The van der Waals surface area contributed by atoms with E-state index in [1.165, 1.54) is 17.3 Å². The summed E-state index contributed by atoms with van der Waals surface area (Å²) in [7, 11) is -4.28. The Hall–Kier alpha value is -1.56. The van der Waals surface area contributed by atoms with Crippen molar-refractivity contribution in [3.8, 4) is 0 Å². The first-order chi connectivity index (χ1) is 13.2. The molecule has 2 rings (SSSR count). The number of aromatic amines is 1. The standard InChI is InChI=1S/C15H20BrN2O9P/c1-2-25-13(20)8-28(23,24)26-7-11-10(19)5-12(27-11)18-6-9(3-4-16)14(21)17-15(18)22/h3-4,6,10-12,19H,2,5,7-8H2,1H3,(H,23,24)(H,17,21,22)/t10-,11+,12+/m0/s1. The van der Waals surface area contributed by atoms with E-state index in [4.69, 9.17) is 9.26 Å². The normalized spacial score (nSPS) is 24.4. The van der Waals surface area contributed by atoms with Gasteiger partial charge in [0, 0.05) is 12.6 Å². The molecule has 0 radical (unpaired) electrons. The molecule has 1 aromatic rings. The van der Waals surface area contributed by atoms with Crippen molar-refractivity contribution in [2.24, 2.45) is 0 Å². The minimum atomic E-state index is -4.28. The fourth-order valence-corrected chi connectivity index (χ4v) is 3.72. The van der Waals surface area contributed by atoms with Crippen LogP contribution in [0.1, 0.15) is 25.1 Å². The lowest BCUT2D eigenvalue weighted by Gasteiger charge is -2.18. The number of halogens is 1. The number of esters is 1. The Bertz CT molecular complexity index is 896. The molecule has 1 fully saturated rings. The number of carbonyl (C=O) groups excluding carboxylic acids is 1. The second kappa shape index (κ2) is 9.77. The molecule has 1 saturated heterocycles. The molecule has 1 unspecified atom stereocenters. The number of nitrogens with one attached hydrogen (secondary N) is 1. The zero-order chi connectivity index (χ0) is 20.9. The first kappa shape index (κ1) is 22.7. The minimum absolute atomic E-state index is 0.00888. The zero-order valence-electron chi connectivity index (χ0n) is 14.8. The van der Waals surface area contributed by atoms with Gasteiger partial charge in [0.15, 0.2) is 0 Å². The van der Waals surface area contributed by atoms with E-state index in [-0.39, 0.29) is 18.6 Å². The lowest BCUT2D eigenvalue weighted by Crippen LogP contribution is -2.33. The summed E-state index contributed by atoms with van der Waals surface area (Å²) in [6.07, 6.45) is -1.16. The van der Waals surface area contributed by atoms with Gasteiger partial charge in [0.25, 0.3) is 5.56 Å². The van der Waals surface area contributed by atoms with Gasteiger partial charge in [-0.25, -0.2) is 4.79 Å². The van der Waals surface area contributed by atoms with Gasteiger partial charge in [0.05, 0.1) is 24.9 Å². The molecule has 1 aliphatic rings. The maximum atomic E-state index is 12.0. The van der Waals surface area contributed by atoms with Crippen molar-refractivity contribution >= 4 is 35.6 Å². The predicted octanol–water partition coefficient (Wildman–Crippen LogP) is 0.316. The van der Waals surface area contributed by atoms with Crippen molar-refractivity contribution in [3.63, 3.8) is 0 Å². The number of carbonyl (C=O) groups is 1. The third kappa shape index (κ3) is 5.97. The molecule has 0 bridgehead atoms. The lowest BCUT2D eigenvalue weighted by molar-refractivity contribution is -0.140. The Morgan fingerprint density at radius 1 is 1.54 bits per heavy atom. The van der Waals surface area contributed by atoms with Gasteiger partial charge < -0.3 is 24.0 Å². The summed E-state index contributed by atoms with van der Waals surface area (Å²) in [5.41, 5.74) is -1.13. The number of nitrogens with zero attached hydrogens (tertiary/aromatic N) is 1. The Labute approximate surface area is 167 Å². The van der Waals surface area contributed by atoms with E-state index in [0.717, 1.165) is 4.57 Å². The number of aliphatic hydroxyl groups is 1. The fraction of sp³-hybridized carbons (Fsp3) is 0.533. The molecule has 0 spiro atoms. The van der Waals surface area contributed by atoms with E-state index >= 15 is 0 Å². The van der Waals surface area contributed by atoms with Gasteiger partial charge in [-0.15, -0.1) is 0 Å². The number of rotatable bonds is 8. The summed E-state index contributed by atoms with van der Waals surface area (Å²) < 4.78 is 28.0. The van der Waals surface area contributed by atoms with Gasteiger partial charge in [0.2, 0.25) is 0 Å². The van der Waals surface area contributed by atoms with Crippen LogP contribution in [-0.2, 0) is 23.4 Å². The van der Waals surface area contributed by atoms with Crippen LogP contribution >= 0.6 is 23.5 Å². The fourth-order valence-electron chi connectivity index (χ4n) is 2.54. The van der Waals surface area contributed by atoms with Crippen molar-refractivity contribution in [1.82, 2.24) is 9.55 Å². The molecule has 3 N–H and O–H groups in total. The monoisotopic (exact) mass is 482 g/mol. The summed E-state index contributed by atoms with van der Waals surface area (Å²) in [4.78, 5) is 48.4. The smallest absolute Gasteiger partial charge is 0.339 e. The molecule has 0 aliphatic carbocycles. The molecule has 28 heavy (non-hydrogen) atoms. The first-order valence-corrected chi connectivity index (χ1v) is 10.9. The maximum absolute atomic E-state index is 12.0. The number of H-pyrrole nitrogens is 1. The number of aromatic nitrogens is 2. The minimum Gasteiger partial charge on any atom is -0.466 e. The highest BCUT2D eigenvalue weighted by atomic mass is 79.9. The average Bonchev–Trinajstić information content (AvgIpc) is 2.96. The third-order valence-corrected chi connectivity index (χ3v) is 5.30. The number of hydrogen-bond donors (Lipinski definition) is 3. The highest BCUT2D eigenvalue weighted by Gasteiger charge is 2.37. The second-order valence-electron chi connectivity index (χ2n) is 5.87. The molecule has 156 valence electrons. The first-order valence-electron chi connectivity index (χ1n) is 8.24. The quantitative estimate of drug-likeness (QED) is 0.350. The molecule has 0 saturated carbocycles. The van der Waals surface area contributed by atoms with Crippen LogP contribution < -0.4 is 11.2 Å². The van der Waals surface area contributed by atoms with Gasteiger partial charge >= 0.3 is 19.3 Å². The van der Waals surface area contributed by atoms with E-state index in [1.807, 2.05) is 0 Å². The average molecular weight is 483 g/mol. The highest BCUT2D eigenvalue weighted by Crippen LogP contribution is 2.43. The van der Waals surface area contributed by atoms with E-state index in [1.54, 1.807) is 6.92 Å². The summed E-state index contributed by atoms with van der Waals surface area (Å²) in [6, 6.07) is 0. The summed E-state index contributed by atoms with van der Waals surface area (Å²) in [5, 5.41) is 10.1. The molecule has 13 heteroatoms. The maximum Gasteiger partial charge on any atom is 0.339 e. The van der Waals surface area contributed by atoms with Crippen molar-refractivity contribution in [2.75, 3.05) is 19.4 Å². The zero-order valence-corrected chi connectivity index (χ0v) is 17.3. The van der Waals surface area contributed by atoms with Gasteiger partial charge in [0.1, 0.15) is 18.5 Å². The van der Waals surface area contributed by atoms with E-state index in [0.29, 0.717) is 0 Å². The molecule has 0 amide bonds. The third-order valence-electron chi connectivity index (χ3n) is 3.83. The van der Waals surface area contributed by atoms with Crippen molar-refractivity contribution in [3.05, 3.63) is 37.6 Å². The molecule has 11 nitrogen and oxygen atoms in total. The SMILES string of the molecule is CCOC(=O)CP(=O)(O)OC[C@H]1O[C@@H](n2cc(C=CBr)c(=O)[nH]c2=O)C[C@@H]1O. The van der Waals surface area contributed by atoms with Crippen LogP contribution in [-0.4, -0.2) is 57.1 Å². The van der Waals surface area contributed by atoms with Crippen LogP contribution in [0.25, 0.3) is 6.08 Å². The number of ether oxygens (including phenoxy) is 2.